The number of aromatic nitrogens is 2. The molecular formula is C18H25N5O2. The van der Waals surface area contributed by atoms with E-state index < -0.39 is 0 Å². The van der Waals surface area contributed by atoms with Crippen molar-refractivity contribution in [2.24, 2.45) is 10.8 Å². The van der Waals surface area contributed by atoms with Crippen LogP contribution in [0.5, 0.6) is 0 Å². The predicted molar refractivity (Wildman–Crippen MR) is 92.9 cm³/mol. The first-order chi connectivity index (χ1) is 12.0. The third kappa shape index (κ3) is 2.32. The molecule has 0 saturated carbocycles. The predicted octanol–water partition coefficient (Wildman–Crippen LogP) is 0.774. The third-order valence-electron chi connectivity index (χ3n) is 6.60. The van der Waals surface area contributed by atoms with E-state index in [1.165, 1.54) is 0 Å². The summed E-state index contributed by atoms with van der Waals surface area (Å²) in [4.78, 5) is 39.7. The van der Waals surface area contributed by atoms with Gasteiger partial charge in [0.25, 0.3) is 0 Å². The highest BCUT2D eigenvalue weighted by Gasteiger charge is 2.65. The first-order valence-corrected chi connectivity index (χ1v) is 9.01. The maximum Gasteiger partial charge on any atom is 0.231 e. The van der Waals surface area contributed by atoms with Crippen molar-refractivity contribution in [2.45, 2.75) is 26.2 Å². The number of carbonyl (C=O) groups is 2. The van der Waals surface area contributed by atoms with Gasteiger partial charge in [0, 0.05) is 64.5 Å². The van der Waals surface area contributed by atoms with Crippen molar-refractivity contribution in [3.8, 4) is 0 Å². The minimum atomic E-state index is -0.371. The van der Waals surface area contributed by atoms with Crippen LogP contribution in [0.1, 0.15) is 26.2 Å². The van der Waals surface area contributed by atoms with E-state index in [1.54, 1.807) is 19.3 Å². The summed E-state index contributed by atoms with van der Waals surface area (Å²) in [5.41, 5.74) is -0.468. The Morgan fingerprint density at radius 2 is 1.76 bits per heavy atom. The maximum absolute atomic E-state index is 13.2. The zero-order chi connectivity index (χ0) is 17.7. The first kappa shape index (κ1) is 16.3. The number of carbonyl (C=O) groups excluding carboxylic acids is 2. The molecule has 2 amide bonds. The monoisotopic (exact) mass is 343 g/mol. The molecule has 3 saturated heterocycles. The Balaban J connectivity index is 1.68. The van der Waals surface area contributed by atoms with Crippen LogP contribution in [0.15, 0.2) is 18.5 Å². The molecule has 1 aromatic rings. The molecule has 3 aliphatic heterocycles. The van der Waals surface area contributed by atoms with E-state index in [4.69, 9.17) is 0 Å². The average Bonchev–Trinajstić information content (AvgIpc) is 3.10. The molecule has 4 heterocycles. The van der Waals surface area contributed by atoms with Gasteiger partial charge < -0.3 is 14.7 Å². The van der Waals surface area contributed by atoms with Gasteiger partial charge in [-0.3, -0.25) is 9.59 Å². The fourth-order valence-electron chi connectivity index (χ4n) is 5.12. The normalized spacial score (nSPS) is 28.4. The van der Waals surface area contributed by atoms with Crippen LogP contribution in [0.25, 0.3) is 0 Å². The van der Waals surface area contributed by atoms with E-state index in [-0.39, 0.29) is 22.6 Å². The Morgan fingerprint density at radius 3 is 2.32 bits per heavy atom. The summed E-state index contributed by atoms with van der Waals surface area (Å²) >= 11 is 0. The lowest BCUT2D eigenvalue weighted by Gasteiger charge is -2.46. The van der Waals surface area contributed by atoms with Gasteiger partial charge in [-0.05, 0) is 25.3 Å². The summed E-state index contributed by atoms with van der Waals surface area (Å²) in [5.74, 6) is 1.08. The Morgan fingerprint density at radius 1 is 1.08 bits per heavy atom. The van der Waals surface area contributed by atoms with Crippen molar-refractivity contribution in [2.75, 3.05) is 44.7 Å². The largest absolute Gasteiger partial charge is 0.345 e. The highest BCUT2D eigenvalue weighted by molar-refractivity contribution is 5.87. The van der Waals surface area contributed by atoms with Crippen molar-refractivity contribution in [3.05, 3.63) is 18.5 Å². The molecule has 0 bridgehead atoms. The first-order valence-electron chi connectivity index (χ1n) is 9.01. The van der Waals surface area contributed by atoms with Crippen molar-refractivity contribution in [1.29, 1.82) is 0 Å². The third-order valence-corrected chi connectivity index (χ3v) is 6.60. The van der Waals surface area contributed by atoms with Gasteiger partial charge in [-0.25, -0.2) is 9.97 Å². The minimum Gasteiger partial charge on any atom is -0.345 e. The summed E-state index contributed by atoms with van der Waals surface area (Å²) in [6.45, 7) is 5.37. The maximum atomic E-state index is 13.2. The molecule has 1 aromatic heterocycles. The molecule has 7 nitrogen and oxygen atoms in total. The van der Waals surface area contributed by atoms with Crippen molar-refractivity contribution in [3.63, 3.8) is 0 Å². The Kier molecular flexibility index (Phi) is 3.70. The summed E-state index contributed by atoms with van der Waals surface area (Å²) in [6.07, 6.45) is 6.12. The fraction of sp³-hybridized carbons (Fsp3) is 0.667. The van der Waals surface area contributed by atoms with Crippen LogP contribution in [-0.4, -0.2) is 71.4 Å². The van der Waals surface area contributed by atoms with Gasteiger partial charge in [-0.15, -0.1) is 0 Å². The second-order valence-electron chi connectivity index (χ2n) is 7.75. The molecule has 1 unspecified atom stereocenters. The van der Waals surface area contributed by atoms with E-state index in [2.05, 4.69) is 14.9 Å². The van der Waals surface area contributed by atoms with E-state index in [0.717, 1.165) is 45.4 Å². The number of rotatable bonds is 1. The lowest BCUT2D eigenvalue weighted by molar-refractivity contribution is -0.142. The molecule has 4 rings (SSSR count). The average molecular weight is 343 g/mol. The topological polar surface area (TPSA) is 69.6 Å². The summed E-state index contributed by atoms with van der Waals surface area (Å²) in [6, 6.07) is 1.81. The highest BCUT2D eigenvalue weighted by atomic mass is 16.2. The number of likely N-dealkylation sites (tertiary alicyclic amines) is 2. The molecule has 134 valence electrons. The zero-order valence-electron chi connectivity index (χ0n) is 14.9. The minimum absolute atomic E-state index is 0.0972. The van der Waals surface area contributed by atoms with Crippen molar-refractivity contribution >= 4 is 17.8 Å². The molecule has 0 aromatic carbocycles. The molecule has 1 atom stereocenters. The summed E-state index contributed by atoms with van der Waals surface area (Å²) in [7, 11) is 1.90. The van der Waals surface area contributed by atoms with Gasteiger partial charge in [-0.1, -0.05) is 0 Å². The molecule has 0 radical (unpaired) electrons. The van der Waals surface area contributed by atoms with Gasteiger partial charge in [0.05, 0.1) is 5.41 Å². The van der Waals surface area contributed by atoms with Gasteiger partial charge >= 0.3 is 0 Å². The van der Waals surface area contributed by atoms with Crippen LogP contribution in [0, 0.1) is 10.8 Å². The molecule has 25 heavy (non-hydrogen) atoms. The second-order valence-corrected chi connectivity index (χ2v) is 7.75. The van der Waals surface area contributed by atoms with Crippen LogP contribution >= 0.6 is 0 Å². The number of hydrogen-bond donors (Lipinski definition) is 0. The Bertz CT molecular complexity index is 686. The summed E-state index contributed by atoms with van der Waals surface area (Å²) < 4.78 is 0. The van der Waals surface area contributed by atoms with Crippen LogP contribution in [0.2, 0.25) is 0 Å². The number of hydrogen-bond acceptors (Lipinski definition) is 5. The lowest BCUT2D eigenvalue weighted by atomic mass is 9.60. The van der Waals surface area contributed by atoms with Crippen LogP contribution in [0.3, 0.4) is 0 Å². The van der Waals surface area contributed by atoms with E-state index in [0.29, 0.717) is 12.5 Å². The number of piperidine rings is 1. The highest BCUT2D eigenvalue weighted by Crippen LogP contribution is 2.57. The van der Waals surface area contributed by atoms with Crippen LogP contribution < -0.4 is 4.90 Å². The quantitative estimate of drug-likeness (QED) is 0.753. The molecule has 7 heteroatoms. The number of nitrogens with zero attached hydrogens (tertiary/aromatic N) is 5. The van der Waals surface area contributed by atoms with E-state index in [9.17, 15) is 9.59 Å². The van der Waals surface area contributed by atoms with Crippen LogP contribution in [0.4, 0.5) is 5.95 Å². The van der Waals surface area contributed by atoms with Crippen molar-refractivity contribution in [1.82, 2.24) is 19.8 Å². The molecule has 0 N–H and O–H groups in total. The van der Waals surface area contributed by atoms with Gasteiger partial charge in [0.15, 0.2) is 0 Å². The number of anilines is 1. The molecule has 2 spiro atoms. The second kappa shape index (κ2) is 5.68. The molecule has 0 aliphatic carbocycles. The Hall–Kier alpha value is -2.18. The SMILES string of the molecule is CC(=O)N1CCC2(CC1)CN(c1ncccn1)CC21CCN(C)C1=O. The summed E-state index contributed by atoms with van der Waals surface area (Å²) in [5, 5.41) is 0. The smallest absolute Gasteiger partial charge is 0.231 e. The fourth-order valence-corrected chi connectivity index (χ4v) is 5.12. The van der Waals surface area contributed by atoms with E-state index >= 15 is 0 Å². The lowest BCUT2D eigenvalue weighted by Crippen LogP contribution is -2.53. The van der Waals surface area contributed by atoms with Crippen LogP contribution in [-0.2, 0) is 9.59 Å². The molecule has 3 fully saturated rings. The van der Waals surface area contributed by atoms with Crippen molar-refractivity contribution < 1.29 is 9.59 Å². The van der Waals surface area contributed by atoms with E-state index in [1.807, 2.05) is 22.9 Å². The van der Waals surface area contributed by atoms with Gasteiger partial charge in [-0.2, -0.15) is 0 Å². The van der Waals surface area contributed by atoms with Gasteiger partial charge in [0.1, 0.15) is 0 Å². The molecule has 3 aliphatic rings. The zero-order valence-corrected chi connectivity index (χ0v) is 14.9. The standard InChI is InChI=1S/C18H25N5O2/c1-14(24)22-10-4-17(5-11-22)12-23(16-19-7-3-8-20-16)13-18(17)6-9-21(2)15(18)25/h3,7-8H,4-6,9-13H2,1-2H3. The number of fused-ring (bicyclic) bond motifs is 1. The number of amides is 2. The van der Waals surface area contributed by atoms with Gasteiger partial charge in [0.2, 0.25) is 17.8 Å². The Labute approximate surface area is 148 Å². The molecular weight excluding hydrogens is 318 g/mol.